The van der Waals surface area contributed by atoms with Crippen LogP contribution in [0.2, 0.25) is 0 Å². The van der Waals surface area contributed by atoms with E-state index >= 15 is 0 Å². The molecule has 0 amide bonds. The second kappa shape index (κ2) is 5.94. The average molecular weight is 187 g/mol. The average Bonchev–Trinajstić information content (AvgIpc) is 2.01. The van der Waals surface area contributed by atoms with Crippen LogP contribution in [0, 0.1) is 0 Å². The first-order valence-corrected chi connectivity index (χ1v) is 4.66. The van der Waals surface area contributed by atoms with Crippen molar-refractivity contribution < 1.29 is 5.21 Å². The van der Waals surface area contributed by atoms with Gasteiger partial charge in [-0.3, -0.25) is 15.7 Å². The Bertz CT molecular complexity index is 161. The third-order valence-electron chi connectivity index (χ3n) is 1.74. The molecule has 0 bridgehead atoms. The van der Waals surface area contributed by atoms with Crippen molar-refractivity contribution in [3.63, 3.8) is 0 Å². The molecule has 0 aromatic carbocycles. The lowest BCUT2D eigenvalue weighted by Crippen LogP contribution is -2.31. The van der Waals surface area contributed by atoms with Gasteiger partial charge >= 0.3 is 0 Å². The molecule has 0 saturated heterocycles. The molecule has 78 valence electrons. The molecule has 13 heavy (non-hydrogen) atoms. The van der Waals surface area contributed by atoms with Crippen LogP contribution in [0.25, 0.3) is 0 Å². The Morgan fingerprint density at radius 3 is 2.54 bits per heavy atom. The maximum atomic E-state index is 8.42. The number of hydrogen-bond acceptors (Lipinski definition) is 3. The minimum Gasteiger partial charge on any atom is -0.326 e. The molecular formula is C9H21N3O. The van der Waals surface area contributed by atoms with E-state index in [0.717, 1.165) is 25.8 Å². The second-order valence-electron chi connectivity index (χ2n) is 4.02. The summed E-state index contributed by atoms with van der Waals surface area (Å²) < 4.78 is 0. The number of aliphatic imine (C=N–C) groups is 1. The normalized spacial score (nSPS) is 13.2. The summed E-state index contributed by atoms with van der Waals surface area (Å²) in [6.45, 7) is 6.52. The van der Waals surface area contributed by atoms with Gasteiger partial charge in [0.2, 0.25) is 0 Å². The van der Waals surface area contributed by atoms with E-state index in [-0.39, 0.29) is 5.54 Å². The minimum atomic E-state index is -0.0754. The Morgan fingerprint density at radius 2 is 2.08 bits per heavy atom. The predicted octanol–water partition coefficient (Wildman–Crippen LogP) is 1.29. The number of nitrogens with one attached hydrogen (secondary N) is 1. The van der Waals surface area contributed by atoms with Crippen LogP contribution in [-0.2, 0) is 0 Å². The van der Waals surface area contributed by atoms with Crippen LogP contribution in [0.15, 0.2) is 4.99 Å². The van der Waals surface area contributed by atoms with Gasteiger partial charge in [0.05, 0.1) is 0 Å². The Labute approximate surface area is 80.2 Å². The number of amidine groups is 1. The van der Waals surface area contributed by atoms with Gasteiger partial charge in [0.25, 0.3) is 0 Å². The Kier molecular flexibility index (Phi) is 5.66. The summed E-state index contributed by atoms with van der Waals surface area (Å²) in [5, 5.41) is 8.42. The highest BCUT2D eigenvalue weighted by atomic mass is 16.5. The van der Waals surface area contributed by atoms with E-state index in [0.29, 0.717) is 5.84 Å². The number of hydrogen-bond donors (Lipinski definition) is 3. The summed E-state index contributed by atoms with van der Waals surface area (Å²) in [6, 6.07) is 0. The first kappa shape index (κ1) is 12.4. The molecule has 0 heterocycles. The van der Waals surface area contributed by atoms with Gasteiger partial charge in [-0.05, 0) is 40.0 Å². The van der Waals surface area contributed by atoms with E-state index in [1.165, 1.54) is 0 Å². The molecule has 0 spiro atoms. The lowest BCUT2D eigenvalue weighted by atomic mass is 9.99. The summed E-state index contributed by atoms with van der Waals surface area (Å²) in [5.41, 5.74) is 7.74. The molecule has 4 heteroatoms. The van der Waals surface area contributed by atoms with Crippen LogP contribution in [0.3, 0.4) is 0 Å². The summed E-state index contributed by atoms with van der Waals surface area (Å²) >= 11 is 0. The molecular weight excluding hydrogens is 166 g/mol. The van der Waals surface area contributed by atoms with E-state index in [9.17, 15) is 0 Å². The lowest BCUT2D eigenvalue weighted by Gasteiger charge is -2.17. The van der Waals surface area contributed by atoms with Gasteiger partial charge < -0.3 is 5.73 Å². The maximum Gasteiger partial charge on any atom is 0.117 e. The van der Waals surface area contributed by atoms with Crippen LogP contribution in [0.1, 0.15) is 40.0 Å². The molecule has 0 aliphatic heterocycles. The van der Waals surface area contributed by atoms with Crippen molar-refractivity contribution in [2.45, 2.75) is 45.6 Å². The zero-order chi connectivity index (χ0) is 10.3. The van der Waals surface area contributed by atoms with Crippen LogP contribution < -0.4 is 11.2 Å². The van der Waals surface area contributed by atoms with Gasteiger partial charge in [-0.1, -0.05) is 0 Å². The highest BCUT2D eigenvalue weighted by Crippen LogP contribution is 2.08. The summed E-state index contributed by atoms with van der Waals surface area (Å²) in [7, 11) is 0. The fourth-order valence-corrected chi connectivity index (χ4v) is 0.975. The van der Waals surface area contributed by atoms with E-state index in [4.69, 9.17) is 10.9 Å². The number of rotatable bonds is 5. The van der Waals surface area contributed by atoms with Crippen molar-refractivity contribution in [2.24, 2.45) is 10.7 Å². The number of hydroxylamine groups is 1. The number of nitrogens with zero attached hydrogens (tertiary/aromatic N) is 1. The van der Waals surface area contributed by atoms with Gasteiger partial charge in [-0.2, -0.15) is 0 Å². The van der Waals surface area contributed by atoms with Gasteiger partial charge in [-0.15, -0.1) is 0 Å². The van der Waals surface area contributed by atoms with E-state index in [1.807, 2.05) is 19.3 Å². The van der Waals surface area contributed by atoms with Crippen LogP contribution in [0.4, 0.5) is 0 Å². The molecule has 0 rings (SSSR count). The van der Waals surface area contributed by atoms with Crippen LogP contribution >= 0.6 is 0 Å². The monoisotopic (exact) mass is 187 g/mol. The molecule has 0 unspecified atom stereocenters. The Hall–Kier alpha value is -0.610. The molecule has 0 radical (unpaired) electrons. The van der Waals surface area contributed by atoms with Gasteiger partial charge in [0, 0.05) is 12.1 Å². The van der Waals surface area contributed by atoms with E-state index in [2.05, 4.69) is 4.99 Å². The quantitative estimate of drug-likeness (QED) is 0.263. The maximum absolute atomic E-state index is 8.42. The molecule has 0 aliphatic carbocycles. The summed E-state index contributed by atoms with van der Waals surface area (Å²) in [5.74, 6) is 0.562. The molecule has 0 atom stereocenters. The van der Waals surface area contributed by atoms with Gasteiger partial charge in [-0.25, -0.2) is 0 Å². The Morgan fingerprint density at radius 1 is 1.46 bits per heavy atom. The molecule has 0 aliphatic rings. The largest absolute Gasteiger partial charge is 0.326 e. The minimum absolute atomic E-state index is 0.0754. The van der Waals surface area contributed by atoms with Crippen molar-refractivity contribution in [3.8, 4) is 0 Å². The van der Waals surface area contributed by atoms with E-state index in [1.54, 1.807) is 6.92 Å². The third kappa shape index (κ3) is 9.30. The highest BCUT2D eigenvalue weighted by Gasteiger charge is 2.08. The molecule has 4 N–H and O–H groups in total. The summed E-state index contributed by atoms with van der Waals surface area (Å²) in [4.78, 5) is 4.08. The van der Waals surface area contributed by atoms with Crippen molar-refractivity contribution in [1.29, 1.82) is 0 Å². The second-order valence-corrected chi connectivity index (χ2v) is 4.02. The zero-order valence-corrected chi connectivity index (χ0v) is 8.80. The first-order valence-electron chi connectivity index (χ1n) is 4.66. The smallest absolute Gasteiger partial charge is 0.117 e. The molecule has 0 fully saturated rings. The van der Waals surface area contributed by atoms with Crippen molar-refractivity contribution in [3.05, 3.63) is 0 Å². The van der Waals surface area contributed by atoms with Crippen molar-refractivity contribution >= 4 is 5.84 Å². The van der Waals surface area contributed by atoms with Crippen LogP contribution in [-0.4, -0.2) is 23.1 Å². The number of unbranched alkanes of at least 4 members (excludes halogenated alkanes) is 1. The van der Waals surface area contributed by atoms with Gasteiger partial charge in [0.15, 0.2) is 0 Å². The lowest BCUT2D eigenvalue weighted by molar-refractivity contribution is 0.233. The van der Waals surface area contributed by atoms with E-state index < -0.39 is 0 Å². The van der Waals surface area contributed by atoms with Crippen LogP contribution in [0.5, 0.6) is 0 Å². The number of nitrogens with two attached hydrogens (primary N) is 1. The topological polar surface area (TPSA) is 70.6 Å². The van der Waals surface area contributed by atoms with Crippen molar-refractivity contribution in [2.75, 3.05) is 6.54 Å². The standard InChI is InChI=1S/C9H21N3O/c1-8(12-13)11-7-5-4-6-9(2,3)10/h13H,4-7,10H2,1-3H3,(H,11,12). The molecule has 4 nitrogen and oxygen atoms in total. The predicted molar refractivity (Wildman–Crippen MR) is 55.0 cm³/mol. The zero-order valence-electron chi connectivity index (χ0n) is 8.80. The first-order chi connectivity index (χ1) is 5.95. The SMILES string of the molecule is CC(=NCCCCC(C)(C)N)NO. The molecule has 0 aromatic heterocycles. The summed E-state index contributed by atoms with van der Waals surface area (Å²) in [6.07, 6.45) is 3.10. The fraction of sp³-hybridized carbons (Fsp3) is 0.889. The van der Waals surface area contributed by atoms with Crippen molar-refractivity contribution in [1.82, 2.24) is 5.48 Å². The third-order valence-corrected chi connectivity index (χ3v) is 1.74. The highest BCUT2D eigenvalue weighted by molar-refractivity contribution is 5.78. The molecule has 0 saturated carbocycles. The molecule has 0 aromatic rings. The van der Waals surface area contributed by atoms with Gasteiger partial charge in [0.1, 0.15) is 5.84 Å². The fourth-order valence-electron chi connectivity index (χ4n) is 0.975. The Balaban J connectivity index is 3.37.